The third-order valence-corrected chi connectivity index (χ3v) is 3.48. The lowest BCUT2D eigenvalue weighted by Gasteiger charge is -2.12. The summed E-state index contributed by atoms with van der Waals surface area (Å²) in [6.45, 7) is 4.35. The van der Waals surface area contributed by atoms with Crippen molar-refractivity contribution < 1.29 is 13.5 Å². The summed E-state index contributed by atoms with van der Waals surface area (Å²) in [6, 6.07) is 8.66. The van der Waals surface area contributed by atoms with Crippen LogP contribution in [0.1, 0.15) is 19.4 Å². The van der Waals surface area contributed by atoms with Gasteiger partial charge in [-0.3, -0.25) is 0 Å². The fourth-order valence-corrected chi connectivity index (χ4v) is 2.31. The Morgan fingerprint density at radius 2 is 1.93 bits per heavy atom. The number of pyridine rings is 1. The first-order valence-electron chi connectivity index (χ1n) is 8.41. The van der Waals surface area contributed by atoms with E-state index in [0.717, 1.165) is 12.1 Å². The Labute approximate surface area is 155 Å². The molecule has 6 nitrogen and oxygen atoms in total. The number of nitrogens with zero attached hydrogens (tertiary/aromatic N) is 3. The van der Waals surface area contributed by atoms with Crippen LogP contribution in [-0.4, -0.2) is 21.0 Å². The number of hydrogen-bond donors (Lipinski definition) is 2. The molecule has 1 aromatic carbocycles. The van der Waals surface area contributed by atoms with Gasteiger partial charge in [-0.15, -0.1) is 0 Å². The Morgan fingerprint density at radius 1 is 1.07 bits per heavy atom. The highest BCUT2D eigenvalue weighted by molar-refractivity contribution is 5.41. The minimum absolute atomic E-state index is 0.101. The van der Waals surface area contributed by atoms with Crippen molar-refractivity contribution in [3.05, 3.63) is 66.0 Å². The number of benzene rings is 1. The van der Waals surface area contributed by atoms with Crippen LogP contribution in [0.5, 0.6) is 11.6 Å². The van der Waals surface area contributed by atoms with E-state index < -0.39 is 11.6 Å². The van der Waals surface area contributed by atoms with E-state index in [4.69, 9.17) is 4.74 Å². The lowest BCUT2D eigenvalue weighted by molar-refractivity contribution is 0.419. The molecule has 0 aliphatic heterocycles. The zero-order valence-corrected chi connectivity index (χ0v) is 14.9. The molecule has 0 saturated heterocycles. The van der Waals surface area contributed by atoms with E-state index in [1.165, 1.54) is 12.3 Å². The topological polar surface area (TPSA) is 72.0 Å². The number of anilines is 2. The molecular formula is C19H19F2N5O. The molecule has 27 heavy (non-hydrogen) atoms. The Kier molecular flexibility index (Phi) is 5.75. The minimum atomic E-state index is -0.796. The van der Waals surface area contributed by atoms with Crippen molar-refractivity contribution in [1.82, 2.24) is 15.0 Å². The van der Waals surface area contributed by atoms with Crippen LogP contribution in [0.15, 0.2) is 48.8 Å². The first-order chi connectivity index (χ1) is 13.0. The van der Waals surface area contributed by atoms with Crippen molar-refractivity contribution in [3.63, 3.8) is 0 Å². The smallest absolute Gasteiger partial charge is 0.224 e. The monoisotopic (exact) mass is 371 g/mol. The molecule has 2 aromatic heterocycles. The number of nitrogens with one attached hydrogen (secondary N) is 2. The molecule has 2 heterocycles. The zero-order chi connectivity index (χ0) is 19.2. The molecule has 0 unspecified atom stereocenters. The Bertz CT molecular complexity index is 920. The second-order valence-electron chi connectivity index (χ2n) is 6.06. The summed E-state index contributed by atoms with van der Waals surface area (Å²) < 4.78 is 32.4. The van der Waals surface area contributed by atoms with E-state index in [9.17, 15) is 8.78 Å². The molecule has 0 fully saturated rings. The molecule has 0 bridgehead atoms. The van der Waals surface area contributed by atoms with Gasteiger partial charge in [0.1, 0.15) is 11.6 Å². The van der Waals surface area contributed by atoms with E-state index in [1.807, 2.05) is 13.8 Å². The van der Waals surface area contributed by atoms with Gasteiger partial charge in [-0.25, -0.2) is 18.7 Å². The van der Waals surface area contributed by atoms with Crippen LogP contribution >= 0.6 is 0 Å². The van der Waals surface area contributed by atoms with Crippen molar-refractivity contribution in [2.45, 2.75) is 26.4 Å². The molecule has 0 atom stereocenters. The first-order valence-corrected chi connectivity index (χ1v) is 8.41. The summed E-state index contributed by atoms with van der Waals surface area (Å²) in [5.41, 5.74) is 0.673. The molecular weight excluding hydrogens is 352 g/mol. The summed E-state index contributed by atoms with van der Waals surface area (Å²) in [4.78, 5) is 12.7. The summed E-state index contributed by atoms with van der Waals surface area (Å²) in [7, 11) is 0. The lowest BCUT2D eigenvalue weighted by Crippen LogP contribution is -2.12. The second-order valence-corrected chi connectivity index (χ2v) is 6.06. The summed E-state index contributed by atoms with van der Waals surface area (Å²) in [5, 5.41) is 6.29. The van der Waals surface area contributed by atoms with Crippen molar-refractivity contribution in [2.75, 3.05) is 10.6 Å². The summed E-state index contributed by atoms with van der Waals surface area (Å²) in [5.74, 6) is -0.213. The van der Waals surface area contributed by atoms with Gasteiger partial charge in [-0.2, -0.15) is 4.98 Å². The highest BCUT2D eigenvalue weighted by atomic mass is 19.1. The van der Waals surface area contributed by atoms with Gasteiger partial charge in [0.2, 0.25) is 11.8 Å². The third kappa shape index (κ3) is 5.10. The molecule has 3 rings (SSSR count). The fourth-order valence-electron chi connectivity index (χ4n) is 2.31. The average Bonchev–Trinajstić information content (AvgIpc) is 2.63. The molecule has 0 spiro atoms. The van der Waals surface area contributed by atoms with E-state index in [-0.39, 0.29) is 17.7 Å². The largest absolute Gasteiger partial charge is 0.436 e. The highest BCUT2D eigenvalue weighted by Crippen LogP contribution is 2.26. The summed E-state index contributed by atoms with van der Waals surface area (Å²) >= 11 is 0. The number of aromatic nitrogens is 3. The van der Waals surface area contributed by atoms with E-state index >= 15 is 0 Å². The van der Waals surface area contributed by atoms with Gasteiger partial charge in [0, 0.05) is 36.6 Å². The lowest BCUT2D eigenvalue weighted by atomic mass is 10.2. The molecule has 0 aliphatic carbocycles. The van der Waals surface area contributed by atoms with Crippen molar-refractivity contribution >= 4 is 11.8 Å². The van der Waals surface area contributed by atoms with E-state index in [1.54, 1.807) is 24.4 Å². The quantitative estimate of drug-likeness (QED) is 0.642. The van der Waals surface area contributed by atoms with E-state index in [2.05, 4.69) is 25.6 Å². The predicted octanol–water partition coefficient (Wildman–Crippen LogP) is 4.37. The van der Waals surface area contributed by atoms with Gasteiger partial charge in [-0.05, 0) is 38.1 Å². The molecule has 0 aliphatic rings. The Morgan fingerprint density at radius 3 is 2.70 bits per heavy atom. The van der Waals surface area contributed by atoms with Gasteiger partial charge in [-0.1, -0.05) is 6.07 Å². The maximum Gasteiger partial charge on any atom is 0.224 e. The SMILES string of the molecule is CC(C)Nc1ccnc(NCc2cccnc2Oc2ccc(F)cc2F)n1. The van der Waals surface area contributed by atoms with Crippen LogP contribution in [0.2, 0.25) is 0 Å². The minimum Gasteiger partial charge on any atom is -0.436 e. The van der Waals surface area contributed by atoms with Crippen molar-refractivity contribution in [1.29, 1.82) is 0 Å². The Balaban J connectivity index is 1.73. The van der Waals surface area contributed by atoms with Crippen LogP contribution in [0, 0.1) is 11.6 Å². The third-order valence-electron chi connectivity index (χ3n) is 3.48. The van der Waals surface area contributed by atoms with Crippen LogP contribution < -0.4 is 15.4 Å². The predicted molar refractivity (Wildman–Crippen MR) is 98.8 cm³/mol. The number of rotatable bonds is 7. The maximum atomic E-state index is 13.8. The number of ether oxygens (including phenoxy) is 1. The molecule has 8 heteroatoms. The average molecular weight is 371 g/mol. The van der Waals surface area contributed by atoms with Crippen molar-refractivity contribution in [2.24, 2.45) is 0 Å². The first kappa shape index (κ1) is 18.5. The standard InChI is InChI=1S/C19H19F2N5O/c1-12(2)25-17-7-9-23-19(26-17)24-11-13-4-3-8-22-18(13)27-16-6-5-14(20)10-15(16)21/h3-10,12H,11H2,1-2H3,(H2,23,24,25,26). The molecule has 3 aromatic rings. The van der Waals surface area contributed by atoms with Gasteiger partial charge in [0.25, 0.3) is 0 Å². The Hall–Kier alpha value is -3.29. The summed E-state index contributed by atoms with van der Waals surface area (Å²) in [6.07, 6.45) is 3.18. The normalized spacial score (nSPS) is 10.7. The van der Waals surface area contributed by atoms with Crippen molar-refractivity contribution in [3.8, 4) is 11.6 Å². The number of hydrogen-bond acceptors (Lipinski definition) is 6. The van der Waals surface area contributed by atoms with Gasteiger partial charge < -0.3 is 15.4 Å². The van der Waals surface area contributed by atoms with Gasteiger partial charge in [0.15, 0.2) is 11.6 Å². The molecule has 0 amide bonds. The van der Waals surface area contributed by atoms with Crippen LogP contribution in [0.3, 0.4) is 0 Å². The van der Waals surface area contributed by atoms with Gasteiger partial charge >= 0.3 is 0 Å². The molecule has 0 radical (unpaired) electrons. The van der Waals surface area contributed by atoms with E-state index in [0.29, 0.717) is 23.9 Å². The van der Waals surface area contributed by atoms with Crippen LogP contribution in [0.25, 0.3) is 0 Å². The second kappa shape index (κ2) is 8.39. The van der Waals surface area contributed by atoms with Gasteiger partial charge in [0.05, 0.1) is 0 Å². The van der Waals surface area contributed by atoms with Crippen LogP contribution in [0.4, 0.5) is 20.5 Å². The zero-order valence-electron chi connectivity index (χ0n) is 14.9. The fraction of sp³-hybridized carbons (Fsp3) is 0.211. The number of halogens is 2. The van der Waals surface area contributed by atoms with Crippen LogP contribution in [-0.2, 0) is 6.54 Å². The highest BCUT2D eigenvalue weighted by Gasteiger charge is 2.11. The molecule has 2 N–H and O–H groups in total. The molecule has 0 saturated carbocycles. The molecule has 140 valence electrons. The maximum absolute atomic E-state index is 13.8.